The van der Waals surface area contributed by atoms with Crippen molar-refractivity contribution in [2.24, 2.45) is 11.7 Å². The van der Waals surface area contributed by atoms with Crippen LogP contribution in [0.1, 0.15) is 33.0 Å². The number of furan rings is 1. The zero-order chi connectivity index (χ0) is 12.8. The molecule has 0 bridgehead atoms. The first kappa shape index (κ1) is 13.8. The molecule has 0 fully saturated rings. The van der Waals surface area contributed by atoms with Crippen LogP contribution in [-0.2, 0) is 11.3 Å². The molecule has 0 saturated carbocycles. The van der Waals surface area contributed by atoms with E-state index in [1.807, 2.05) is 19.1 Å². The van der Waals surface area contributed by atoms with Crippen LogP contribution < -0.4 is 5.73 Å². The van der Waals surface area contributed by atoms with E-state index < -0.39 is 6.04 Å². The first-order valence-electron chi connectivity index (χ1n) is 6.11. The van der Waals surface area contributed by atoms with E-state index in [0.717, 1.165) is 5.76 Å². The standard InChI is InChI=1S/C13H22N2O2/c1-4-15(9-11-6-5-7-17-11)13(16)12(14)8-10(2)3/h5-7,10,12H,4,8-9,14H2,1-3H3/t12-/m0/s1. The van der Waals surface area contributed by atoms with E-state index in [1.54, 1.807) is 11.2 Å². The second kappa shape index (κ2) is 6.45. The summed E-state index contributed by atoms with van der Waals surface area (Å²) in [5.41, 5.74) is 5.90. The van der Waals surface area contributed by atoms with Gasteiger partial charge in [0, 0.05) is 6.54 Å². The maximum atomic E-state index is 12.1. The molecule has 0 radical (unpaired) electrons. The van der Waals surface area contributed by atoms with Crippen molar-refractivity contribution in [2.75, 3.05) is 6.54 Å². The molecule has 0 saturated heterocycles. The van der Waals surface area contributed by atoms with Crippen molar-refractivity contribution in [1.82, 2.24) is 4.90 Å². The summed E-state index contributed by atoms with van der Waals surface area (Å²) in [6, 6.07) is 3.27. The van der Waals surface area contributed by atoms with Gasteiger partial charge in [-0.05, 0) is 31.4 Å². The quantitative estimate of drug-likeness (QED) is 0.824. The molecular formula is C13H22N2O2. The molecule has 0 aliphatic carbocycles. The van der Waals surface area contributed by atoms with Gasteiger partial charge in [0.2, 0.25) is 5.91 Å². The smallest absolute Gasteiger partial charge is 0.239 e. The highest BCUT2D eigenvalue weighted by Crippen LogP contribution is 2.10. The van der Waals surface area contributed by atoms with Crippen molar-refractivity contribution in [3.63, 3.8) is 0 Å². The summed E-state index contributed by atoms with van der Waals surface area (Å²) in [6.45, 7) is 7.22. The second-order valence-electron chi connectivity index (χ2n) is 4.67. The fourth-order valence-corrected chi connectivity index (χ4v) is 1.78. The van der Waals surface area contributed by atoms with Gasteiger partial charge in [0.25, 0.3) is 0 Å². The minimum atomic E-state index is -0.412. The summed E-state index contributed by atoms with van der Waals surface area (Å²) in [4.78, 5) is 13.8. The average molecular weight is 238 g/mol. The third-order valence-electron chi connectivity index (χ3n) is 2.66. The Kier molecular flexibility index (Phi) is 5.22. The third-order valence-corrected chi connectivity index (χ3v) is 2.66. The highest BCUT2D eigenvalue weighted by molar-refractivity contribution is 5.81. The molecule has 4 heteroatoms. The zero-order valence-electron chi connectivity index (χ0n) is 10.8. The molecular weight excluding hydrogens is 216 g/mol. The first-order valence-corrected chi connectivity index (χ1v) is 6.11. The Labute approximate surface area is 103 Å². The molecule has 96 valence electrons. The Morgan fingerprint density at radius 3 is 2.71 bits per heavy atom. The Hall–Kier alpha value is -1.29. The van der Waals surface area contributed by atoms with Crippen molar-refractivity contribution < 1.29 is 9.21 Å². The lowest BCUT2D eigenvalue weighted by Gasteiger charge is -2.24. The molecule has 1 aromatic heterocycles. The molecule has 17 heavy (non-hydrogen) atoms. The van der Waals surface area contributed by atoms with Crippen LogP contribution in [0.15, 0.2) is 22.8 Å². The molecule has 1 aromatic rings. The normalized spacial score (nSPS) is 12.8. The van der Waals surface area contributed by atoms with Crippen LogP contribution >= 0.6 is 0 Å². The van der Waals surface area contributed by atoms with Gasteiger partial charge in [-0.1, -0.05) is 13.8 Å². The minimum absolute atomic E-state index is 0.00222. The van der Waals surface area contributed by atoms with Crippen LogP contribution in [0.3, 0.4) is 0 Å². The van der Waals surface area contributed by atoms with Gasteiger partial charge < -0.3 is 15.1 Å². The van der Waals surface area contributed by atoms with Crippen LogP contribution in [0, 0.1) is 5.92 Å². The van der Waals surface area contributed by atoms with E-state index in [1.165, 1.54) is 0 Å². The van der Waals surface area contributed by atoms with E-state index in [-0.39, 0.29) is 5.91 Å². The van der Waals surface area contributed by atoms with Gasteiger partial charge in [0.05, 0.1) is 18.8 Å². The lowest BCUT2D eigenvalue weighted by Crippen LogP contribution is -2.43. The van der Waals surface area contributed by atoms with Gasteiger partial charge in [-0.3, -0.25) is 4.79 Å². The summed E-state index contributed by atoms with van der Waals surface area (Å²) in [6.07, 6.45) is 2.33. The molecule has 0 aliphatic rings. The average Bonchev–Trinajstić information content (AvgIpc) is 2.76. The predicted molar refractivity (Wildman–Crippen MR) is 67.2 cm³/mol. The zero-order valence-corrected chi connectivity index (χ0v) is 10.8. The van der Waals surface area contributed by atoms with Crippen molar-refractivity contribution >= 4 is 5.91 Å². The molecule has 0 aliphatic heterocycles. The van der Waals surface area contributed by atoms with Gasteiger partial charge in [-0.25, -0.2) is 0 Å². The van der Waals surface area contributed by atoms with Crippen LogP contribution in [0.5, 0.6) is 0 Å². The molecule has 0 aromatic carbocycles. The van der Waals surface area contributed by atoms with Crippen molar-refractivity contribution in [3.8, 4) is 0 Å². The number of carbonyl (C=O) groups excluding carboxylic acids is 1. The minimum Gasteiger partial charge on any atom is -0.467 e. The maximum Gasteiger partial charge on any atom is 0.239 e. The second-order valence-corrected chi connectivity index (χ2v) is 4.67. The van der Waals surface area contributed by atoms with Crippen molar-refractivity contribution in [2.45, 2.75) is 39.8 Å². The number of rotatable bonds is 6. The van der Waals surface area contributed by atoms with Crippen LogP contribution in [0.25, 0.3) is 0 Å². The lowest BCUT2D eigenvalue weighted by atomic mass is 10.0. The molecule has 0 unspecified atom stereocenters. The fraction of sp³-hybridized carbons (Fsp3) is 0.615. The fourth-order valence-electron chi connectivity index (χ4n) is 1.78. The molecule has 0 spiro atoms. The SMILES string of the molecule is CCN(Cc1ccco1)C(=O)[C@@H](N)CC(C)C. The van der Waals surface area contributed by atoms with E-state index >= 15 is 0 Å². The molecule has 2 N–H and O–H groups in total. The maximum absolute atomic E-state index is 12.1. The largest absolute Gasteiger partial charge is 0.467 e. The summed E-state index contributed by atoms with van der Waals surface area (Å²) < 4.78 is 5.24. The third kappa shape index (κ3) is 4.23. The van der Waals surface area contributed by atoms with E-state index in [9.17, 15) is 4.79 Å². The summed E-state index contributed by atoms with van der Waals surface area (Å²) in [5, 5.41) is 0. The van der Waals surface area contributed by atoms with Crippen molar-refractivity contribution in [1.29, 1.82) is 0 Å². The van der Waals surface area contributed by atoms with Gasteiger partial charge in [-0.2, -0.15) is 0 Å². The van der Waals surface area contributed by atoms with E-state index in [4.69, 9.17) is 10.2 Å². The van der Waals surface area contributed by atoms with Crippen LogP contribution in [-0.4, -0.2) is 23.4 Å². The van der Waals surface area contributed by atoms with Gasteiger partial charge in [0.15, 0.2) is 0 Å². The molecule has 4 nitrogen and oxygen atoms in total. The van der Waals surface area contributed by atoms with Crippen LogP contribution in [0.4, 0.5) is 0 Å². The highest BCUT2D eigenvalue weighted by Gasteiger charge is 2.21. The summed E-state index contributed by atoms with van der Waals surface area (Å²) in [5.74, 6) is 1.21. The van der Waals surface area contributed by atoms with Gasteiger partial charge in [-0.15, -0.1) is 0 Å². The Morgan fingerprint density at radius 2 is 2.24 bits per heavy atom. The number of nitrogens with two attached hydrogens (primary N) is 1. The Balaban J connectivity index is 2.57. The number of hydrogen-bond donors (Lipinski definition) is 1. The van der Waals surface area contributed by atoms with E-state index in [0.29, 0.717) is 25.4 Å². The number of amides is 1. The number of hydrogen-bond acceptors (Lipinski definition) is 3. The Bertz CT molecular complexity index is 333. The highest BCUT2D eigenvalue weighted by atomic mass is 16.3. The summed E-state index contributed by atoms with van der Waals surface area (Å²) >= 11 is 0. The molecule has 1 atom stereocenters. The monoisotopic (exact) mass is 238 g/mol. The number of nitrogens with zero attached hydrogens (tertiary/aromatic N) is 1. The molecule has 1 rings (SSSR count). The van der Waals surface area contributed by atoms with E-state index in [2.05, 4.69) is 13.8 Å². The Morgan fingerprint density at radius 1 is 1.53 bits per heavy atom. The van der Waals surface area contributed by atoms with Gasteiger partial charge >= 0.3 is 0 Å². The first-order chi connectivity index (χ1) is 8.04. The molecule has 1 heterocycles. The number of likely N-dealkylation sites (N-methyl/N-ethyl adjacent to an activating group) is 1. The summed E-state index contributed by atoms with van der Waals surface area (Å²) in [7, 11) is 0. The lowest BCUT2D eigenvalue weighted by molar-refractivity contribution is -0.133. The number of carbonyl (C=O) groups is 1. The predicted octanol–water partition coefficient (Wildman–Crippen LogP) is 2.00. The molecule has 1 amide bonds. The topological polar surface area (TPSA) is 59.5 Å². The van der Waals surface area contributed by atoms with Gasteiger partial charge in [0.1, 0.15) is 5.76 Å². The van der Waals surface area contributed by atoms with Crippen molar-refractivity contribution in [3.05, 3.63) is 24.2 Å². The van der Waals surface area contributed by atoms with Crippen LogP contribution in [0.2, 0.25) is 0 Å².